The second kappa shape index (κ2) is 5.65. The summed E-state index contributed by atoms with van der Waals surface area (Å²) in [6.07, 6.45) is 7.82. The van der Waals surface area contributed by atoms with Crippen LogP contribution in [-0.4, -0.2) is 41.1 Å². The predicted octanol–water partition coefficient (Wildman–Crippen LogP) is 1.65. The maximum atomic E-state index is 4.30. The molecule has 96 valence electrons. The highest BCUT2D eigenvalue weighted by Crippen LogP contribution is 2.25. The van der Waals surface area contributed by atoms with E-state index >= 15 is 0 Å². The first-order valence-corrected chi connectivity index (χ1v) is 6.57. The third-order valence-electron chi connectivity index (χ3n) is 3.51. The molecule has 0 aromatic carbocycles. The van der Waals surface area contributed by atoms with E-state index in [1.54, 1.807) is 0 Å². The van der Waals surface area contributed by atoms with Crippen LogP contribution in [0.5, 0.6) is 0 Å². The highest BCUT2D eigenvalue weighted by Gasteiger charge is 2.21. The van der Waals surface area contributed by atoms with Gasteiger partial charge in [-0.3, -0.25) is 0 Å². The molecule has 1 aliphatic rings. The molecule has 1 saturated heterocycles. The number of imidazole rings is 1. The fourth-order valence-electron chi connectivity index (χ4n) is 2.49. The number of rotatable bonds is 4. The van der Waals surface area contributed by atoms with E-state index in [1.807, 2.05) is 12.5 Å². The van der Waals surface area contributed by atoms with Crippen LogP contribution in [0, 0.1) is 0 Å². The highest BCUT2D eigenvalue weighted by molar-refractivity contribution is 5.07. The van der Waals surface area contributed by atoms with E-state index in [0.717, 1.165) is 13.1 Å². The van der Waals surface area contributed by atoms with Gasteiger partial charge in [0.25, 0.3) is 0 Å². The van der Waals surface area contributed by atoms with Crippen molar-refractivity contribution in [2.75, 3.05) is 20.6 Å². The summed E-state index contributed by atoms with van der Waals surface area (Å²) in [4.78, 5) is 6.51. The lowest BCUT2D eigenvalue weighted by Gasteiger charge is -2.29. The molecule has 0 spiro atoms. The van der Waals surface area contributed by atoms with Crippen molar-refractivity contribution in [2.45, 2.75) is 44.8 Å². The third-order valence-corrected chi connectivity index (χ3v) is 3.51. The standard InChI is InChI=1S/C13H24N4/c1-11-5-4-6-12(15-11)13-9-14-10-17(13)8-7-16(2)3/h9-12,15H,4-8H2,1-3H3. The Hall–Kier alpha value is -0.870. The van der Waals surface area contributed by atoms with Crippen molar-refractivity contribution in [2.24, 2.45) is 0 Å². The molecular weight excluding hydrogens is 212 g/mol. The van der Waals surface area contributed by atoms with Crippen LogP contribution in [-0.2, 0) is 6.54 Å². The number of likely N-dealkylation sites (N-methyl/N-ethyl adjacent to an activating group) is 1. The first-order chi connectivity index (χ1) is 8.16. The van der Waals surface area contributed by atoms with Gasteiger partial charge < -0.3 is 14.8 Å². The monoisotopic (exact) mass is 236 g/mol. The Balaban J connectivity index is 2.02. The predicted molar refractivity (Wildman–Crippen MR) is 70.0 cm³/mol. The van der Waals surface area contributed by atoms with Gasteiger partial charge in [0.2, 0.25) is 0 Å². The number of aromatic nitrogens is 2. The van der Waals surface area contributed by atoms with Gasteiger partial charge in [-0.25, -0.2) is 4.98 Å². The summed E-state index contributed by atoms with van der Waals surface area (Å²) in [5.41, 5.74) is 1.35. The van der Waals surface area contributed by atoms with E-state index in [4.69, 9.17) is 0 Å². The molecule has 4 heteroatoms. The summed E-state index contributed by atoms with van der Waals surface area (Å²) in [7, 11) is 4.22. The number of hydrogen-bond donors (Lipinski definition) is 1. The molecule has 0 bridgehead atoms. The lowest BCUT2D eigenvalue weighted by molar-refractivity contribution is 0.321. The van der Waals surface area contributed by atoms with Crippen LogP contribution in [0.15, 0.2) is 12.5 Å². The molecule has 2 heterocycles. The van der Waals surface area contributed by atoms with E-state index in [0.29, 0.717) is 12.1 Å². The molecule has 0 amide bonds. The maximum Gasteiger partial charge on any atom is 0.0949 e. The highest BCUT2D eigenvalue weighted by atomic mass is 15.1. The van der Waals surface area contributed by atoms with Crippen molar-refractivity contribution in [1.82, 2.24) is 19.8 Å². The SMILES string of the molecule is CC1CCCC(c2cncn2CCN(C)C)N1. The van der Waals surface area contributed by atoms with Crippen LogP contribution in [0.25, 0.3) is 0 Å². The van der Waals surface area contributed by atoms with Gasteiger partial charge in [0.15, 0.2) is 0 Å². The Labute approximate surface area is 104 Å². The Kier molecular flexibility index (Phi) is 4.18. The van der Waals surface area contributed by atoms with Gasteiger partial charge in [0, 0.05) is 31.4 Å². The van der Waals surface area contributed by atoms with Crippen LogP contribution < -0.4 is 5.32 Å². The molecule has 1 aromatic heterocycles. The van der Waals surface area contributed by atoms with Crippen LogP contribution in [0.3, 0.4) is 0 Å². The molecule has 4 nitrogen and oxygen atoms in total. The number of piperidine rings is 1. The van der Waals surface area contributed by atoms with Gasteiger partial charge in [-0.15, -0.1) is 0 Å². The lowest BCUT2D eigenvalue weighted by Crippen LogP contribution is -2.36. The van der Waals surface area contributed by atoms with Crippen molar-refractivity contribution in [3.63, 3.8) is 0 Å². The van der Waals surface area contributed by atoms with Crippen LogP contribution in [0.4, 0.5) is 0 Å². The minimum atomic E-state index is 0.489. The molecule has 0 aliphatic carbocycles. The normalized spacial score (nSPS) is 25.4. The van der Waals surface area contributed by atoms with Gasteiger partial charge in [-0.1, -0.05) is 0 Å². The van der Waals surface area contributed by atoms with Crippen molar-refractivity contribution >= 4 is 0 Å². The van der Waals surface area contributed by atoms with Gasteiger partial charge >= 0.3 is 0 Å². The second-order valence-corrected chi connectivity index (χ2v) is 5.37. The molecule has 2 unspecified atom stereocenters. The molecule has 2 rings (SSSR count). The average Bonchev–Trinajstić information content (AvgIpc) is 2.74. The van der Waals surface area contributed by atoms with E-state index in [1.165, 1.54) is 25.0 Å². The van der Waals surface area contributed by atoms with Gasteiger partial charge in [0.1, 0.15) is 0 Å². The minimum Gasteiger partial charge on any atom is -0.332 e. The Bertz CT molecular complexity index is 345. The van der Waals surface area contributed by atoms with E-state index in [9.17, 15) is 0 Å². The van der Waals surface area contributed by atoms with Crippen LogP contribution in [0.1, 0.15) is 37.9 Å². The van der Waals surface area contributed by atoms with Crippen LogP contribution >= 0.6 is 0 Å². The Morgan fingerprint density at radius 3 is 3.00 bits per heavy atom. The van der Waals surface area contributed by atoms with Gasteiger partial charge in [0.05, 0.1) is 12.0 Å². The van der Waals surface area contributed by atoms with Gasteiger partial charge in [-0.05, 0) is 40.3 Å². The number of nitrogens with zero attached hydrogens (tertiary/aromatic N) is 3. The van der Waals surface area contributed by atoms with Crippen molar-refractivity contribution in [1.29, 1.82) is 0 Å². The third kappa shape index (κ3) is 3.30. The van der Waals surface area contributed by atoms with E-state index < -0.39 is 0 Å². The summed E-state index contributed by atoms with van der Waals surface area (Å²) in [6, 6.07) is 1.12. The first kappa shape index (κ1) is 12.6. The topological polar surface area (TPSA) is 33.1 Å². The molecular formula is C13H24N4. The minimum absolute atomic E-state index is 0.489. The molecule has 0 saturated carbocycles. The zero-order valence-corrected chi connectivity index (χ0v) is 11.2. The molecule has 1 aromatic rings. The molecule has 0 radical (unpaired) electrons. The summed E-state index contributed by atoms with van der Waals surface area (Å²) in [5.74, 6) is 0. The van der Waals surface area contributed by atoms with Crippen molar-refractivity contribution in [3.05, 3.63) is 18.2 Å². The van der Waals surface area contributed by atoms with Gasteiger partial charge in [-0.2, -0.15) is 0 Å². The smallest absolute Gasteiger partial charge is 0.0949 e. The maximum absolute atomic E-state index is 4.30. The molecule has 17 heavy (non-hydrogen) atoms. The molecule has 1 aliphatic heterocycles. The molecule has 2 atom stereocenters. The lowest BCUT2D eigenvalue weighted by atomic mass is 9.97. The fourth-order valence-corrected chi connectivity index (χ4v) is 2.49. The number of hydrogen-bond acceptors (Lipinski definition) is 3. The zero-order chi connectivity index (χ0) is 12.3. The summed E-state index contributed by atoms with van der Waals surface area (Å²) in [6.45, 7) is 4.35. The quantitative estimate of drug-likeness (QED) is 0.863. The van der Waals surface area contributed by atoms with E-state index in [2.05, 4.69) is 40.8 Å². The fraction of sp³-hybridized carbons (Fsp3) is 0.769. The average molecular weight is 236 g/mol. The summed E-state index contributed by atoms with van der Waals surface area (Å²) >= 11 is 0. The largest absolute Gasteiger partial charge is 0.332 e. The molecule has 1 fully saturated rings. The first-order valence-electron chi connectivity index (χ1n) is 6.57. The van der Waals surface area contributed by atoms with E-state index in [-0.39, 0.29) is 0 Å². The van der Waals surface area contributed by atoms with Crippen LogP contribution in [0.2, 0.25) is 0 Å². The number of nitrogens with one attached hydrogen (secondary N) is 1. The second-order valence-electron chi connectivity index (χ2n) is 5.37. The van der Waals surface area contributed by atoms with Crippen molar-refractivity contribution in [3.8, 4) is 0 Å². The summed E-state index contributed by atoms with van der Waals surface area (Å²) in [5, 5.41) is 3.67. The molecule has 1 N–H and O–H groups in total. The Morgan fingerprint density at radius 1 is 1.47 bits per heavy atom. The zero-order valence-electron chi connectivity index (χ0n) is 11.2. The summed E-state index contributed by atoms with van der Waals surface area (Å²) < 4.78 is 2.29. The Morgan fingerprint density at radius 2 is 2.29 bits per heavy atom. The van der Waals surface area contributed by atoms with Crippen molar-refractivity contribution < 1.29 is 0 Å².